The van der Waals surface area contributed by atoms with Gasteiger partial charge in [-0.3, -0.25) is 0 Å². The average molecular weight is 436 g/mol. The molecule has 0 aliphatic heterocycles. The van der Waals surface area contributed by atoms with Crippen LogP contribution in [-0.2, 0) is 6.54 Å². The van der Waals surface area contributed by atoms with E-state index in [0.29, 0.717) is 23.9 Å². The summed E-state index contributed by atoms with van der Waals surface area (Å²) in [7, 11) is 0. The van der Waals surface area contributed by atoms with E-state index in [1.165, 1.54) is 37.7 Å². The summed E-state index contributed by atoms with van der Waals surface area (Å²) in [6, 6.07) is 10.2. The van der Waals surface area contributed by atoms with Crippen molar-refractivity contribution in [2.24, 2.45) is 5.41 Å². The van der Waals surface area contributed by atoms with Gasteiger partial charge in [0, 0.05) is 13.1 Å². The second kappa shape index (κ2) is 12.7. The van der Waals surface area contributed by atoms with Crippen molar-refractivity contribution in [3.63, 3.8) is 0 Å². The van der Waals surface area contributed by atoms with Crippen molar-refractivity contribution in [1.82, 2.24) is 15.0 Å². The molecule has 2 rings (SSSR count). The number of nitrogens with zero attached hydrogens (tertiary/aromatic N) is 3. The molecular weight excluding hydrogens is 402 g/mol. The number of rotatable bonds is 12. The molecule has 0 amide bonds. The number of nitrogens with one attached hydrogen (secondary N) is 2. The summed E-state index contributed by atoms with van der Waals surface area (Å²) in [6.07, 6.45) is 9.16. The minimum atomic E-state index is 0. The molecule has 0 radical (unpaired) electrons. The molecule has 0 bridgehead atoms. The molecule has 1 heterocycles. The van der Waals surface area contributed by atoms with Crippen molar-refractivity contribution in [2.45, 2.75) is 65.8 Å². The Morgan fingerprint density at radius 3 is 2.26 bits per heavy atom. The molecule has 0 atom stereocenters. The lowest BCUT2D eigenvalue weighted by atomic mass is 9.82. The predicted octanol–water partition coefficient (Wildman–Crippen LogP) is 5.86. The predicted molar refractivity (Wildman–Crippen MR) is 120 cm³/mol. The van der Waals surface area contributed by atoms with Crippen molar-refractivity contribution in [3.8, 4) is 0 Å². The van der Waals surface area contributed by atoms with Crippen LogP contribution in [0.3, 0.4) is 0 Å². The maximum absolute atomic E-state index is 4.44. The van der Waals surface area contributed by atoms with Gasteiger partial charge >= 0.3 is 0 Å². The topological polar surface area (TPSA) is 62.7 Å². The molecule has 1 aromatic carbocycles. The average Bonchev–Trinajstić information content (AvgIpc) is 2.65. The minimum Gasteiger partial charge on any atom is -0.354 e. The normalized spacial score (nSPS) is 10.9. The van der Waals surface area contributed by atoms with Crippen molar-refractivity contribution in [3.05, 3.63) is 42.2 Å². The summed E-state index contributed by atoms with van der Waals surface area (Å²) in [6.45, 7) is 8.60. The summed E-state index contributed by atoms with van der Waals surface area (Å²) in [5.74, 6) is 1.24. The Morgan fingerprint density at radius 2 is 1.56 bits per heavy atom. The van der Waals surface area contributed by atoms with Crippen LogP contribution < -0.4 is 10.6 Å². The van der Waals surface area contributed by atoms with Gasteiger partial charge in [0.1, 0.15) is 6.33 Å². The molecule has 27 heavy (non-hydrogen) atoms. The van der Waals surface area contributed by atoms with Gasteiger partial charge in [-0.05, 0) is 30.2 Å². The van der Waals surface area contributed by atoms with Crippen LogP contribution >= 0.6 is 17.0 Å². The highest BCUT2D eigenvalue weighted by Crippen LogP contribution is 2.29. The van der Waals surface area contributed by atoms with Crippen LogP contribution in [0.5, 0.6) is 0 Å². The van der Waals surface area contributed by atoms with Crippen LogP contribution in [0, 0.1) is 5.41 Å². The third kappa shape index (κ3) is 9.70. The molecule has 0 saturated heterocycles. The number of aromatic nitrogens is 3. The highest BCUT2D eigenvalue weighted by molar-refractivity contribution is 8.93. The molecule has 5 nitrogen and oxygen atoms in total. The minimum absolute atomic E-state index is 0. The lowest BCUT2D eigenvalue weighted by Crippen LogP contribution is -2.15. The maximum Gasteiger partial charge on any atom is 0.227 e. The van der Waals surface area contributed by atoms with Gasteiger partial charge in [0.25, 0.3) is 0 Å². The van der Waals surface area contributed by atoms with Gasteiger partial charge in [-0.15, -0.1) is 17.0 Å². The molecule has 0 spiro atoms. The Labute approximate surface area is 174 Å². The fourth-order valence-corrected chi connectivity index (χ4v) is 2.99. The number of benzene rings is 1. The van der Waals surface area contributed by atoms with Gasteiger partial charge in [-0.1, -0.05) is 70.4 Å². The molecule has 2 N–H and O–H groups in total. The second-order valence-corrected chi connectivity index (χ2v) is 7.62. The molecule has 0 fully saturated rings. The smallest absolute Gasteiger partial charge is 0.227 e. The second-order valence-electron chi connectivity index (χ2n) is 7.62. The molecule has 150 valence electrons. The summed E-state index contributed by atoms with van der Waals surface area (Å²) >= 11 is 0. The molecule has 2 aromatic rings. The number of halogens is 1. The third-order valence-electron chi connectivity index (χ3n) is 4.64. The van der Waals surface area contributed by atoms with E-state index in [1.54, 1.807) is 6.33 Å². The molecule has 1 aromatic heterocycles. The van der Waals surface area contributed by atoms with Crippen LogP contribution in [0.1, 0.15) is 64.9 Å². The van der Waals surface area contributed by atoms with Crippen LogP contribution in [0.15, 0.2) is 36.7 Å². The van der Waals surface area contributed by atoms with Gasteiger partial charge in [0.2, 0.25) is 11.9 Å². The quantitative estimate of drug-likeness (QED) is 0.408. The van der Waals surface area contributed by atoms with Crippen molar-refractivity contribution >= 4 is 28.9 Å². The maximum atomic E-state index is 4.44. The van der Waals surface area contributed by atoms with Gasteiger partial charge < -0.3 is 10.6 Å². The SMILES string of the molecule is Br.CCCCCC(C)(C)CCCNc1ncnc(NCc2ccccc2)n1. The van der Waals surface area contributed by atoms with Crippen molar-refractivity contribution in [1.29, 1.82) is 0 Å². The van der Waals surface area contributed by atoms with E-state index in [1.807, 2.05) is 18.2 Å². The Balaban J connectivity index is 0.00000364. The summed E-state index contributed by atoms with van der Waals surface area (Å²) in [5.41, 5.74) is 1.62. The lowest BCUT2D eigenvalue weighted by molar-refractivity contribution is 0.291. The van der Waals surface area contributed by atoms with Gasteiger partial charge in [-0.2, -0.15) is 4.98 Å². The first kappa shape index (κ1) is 23.3. The molecule has 0 saturated carbocycles. The monoisotopic (exact) mass is 435 g/mol. The van der Waals surface area contributed by atoms with Gasteiger partial charge in [0.05, 0.1) is 0 Å². The van der Waals surface area contributed by atoms with E-state index >= 15 is 0 Å². The van der Waals surface area contributed by atoms with Gasteiger partial charge in [-0.25, -0.2) is 9.97 Å². The fraction of sp³-hybridized carbons (Fsp3) is 0.571. The van der Waals surface area contributed by atoms with E-state index in [4.69, 9.17) is 0 Å². The number of hydrogen-bond donors (Lipinski definition) is 2. The summed E-state index contributed by atoms with van der Waals surface area (Å²) in [5, 5.41) is 6.56. The van der Waals surface area contributed by atoms with Crippen molar-refractivity contribution < 1.29 is 0 Å². The van der Waals surface area contributed by atoms with E-state index in [-0.39, 0.29) is 17.0 Å². The Kier molecular flexibility index (Phi) is 10.9. The zero-order valence-corrected chi connectivity index (χ0v) is 18.6. The molecule has 6 heteroatoms. The Bertz CT molecular complexity index is 633. The largest absolute Gasteiger partial charge is 0.354 e. The first-order valence-electron chi connectivity index (χ1n) is 9.80. The number of hydrogen-bond acceptors (Lipinski definition) is 5. The molecule has 0 unspecified atom stereocenters. The summed E-state index contributed by atoms with van der Waals surface area (Å²) in [4.78, 5) is 12.8. The van der Waals surface area contributed by atoms with E-state index < -0.39 is 0 Å². The van der Waals surface area contributed by atoms with Crippen LogP contribution in [0.25, 0.3) is 0 Å². The zero-order valence-electron chi connectivity index (χ0n) is 16.9. The first-order valence-corrected chi connectivity index (χ1v) is 9.80. The van der Waals surface area contributed by atoms with E-state index in [2.05, 4.69) is 58.5 Å². The van der Waals surface area contributed by atoms with Gasteiger partial charge in [0.15, 0.2) is 0 Å². The zero-order chi connectivity index (χ0) is 18.7. The fourth-order valence-electron chi connectivity index (χ4n) is 2.99. The first-order chi connectivity index (χ1) is 12.6. The number of unbranched alkanes of at least 4 members (excludes halogenated alkanes) is 2. The van der Waals surface area contributed by atoms with Crippen LogP contribution in [-0.4, -0.2) is 21.5 Å². The number of anilines is 2. The summed E-state index contributed by atoms with van der Waals surface area (Å²) < 4.78 is 0. The standard InChI is InChI=1S/C21H33N5.BrH/c1-4-5-9-13-21(2,3)14-10-15-22-19-24-17-25-20(26-19)23-16-18-11-7-6-8-12-18;/h6-8,11-12,17H,4-5,9-10,13-16H2,1-3H3,(H2,22,23,24,25,26);1H. The van der Waals surface area contributed by atoms with E-state index in [0.717, 1.165) is 13.0 Å². The van der Waals surface area contributed by atoms with Crippen LogP contribution in [0.4, 0.5) is 11.9 Å². The van der Waals surface area contributed by atoms with Crippen LogP contribution in [0.2, 0.25) is 0 Å². The Morgan fingerprint density at radius 1 is 0.889 bits per heavy atom. The third-order valence-corrected chi connectivity index (χ3v) is 4.64. The molecular formula is C21H34BrN5. The Hall–Kier alpha value is -1.69. The highest BCUT2D eigenvalue weighted by Gasteiger charge is 2.16. The molecule has 0 aliphatic rings. The van der Waals surface area contributed by atoms with E-state index in [9.17, 15) is 0 Å². The lowest BCUT2D eigenvalue weighted by Gasteiger charge is -2.24. The molecule has 0 aliphatic carbocycles. The van der Waals surface area contributed by atoms with Crippen molar-refractivity contribution in [2.75, 3.05) is 17.2 Å². The highest BCUT2D eigenvalue weighted by atomic mass is 79.9.